The Kier molecular flexibility index (Phi) is 11.2. The van der Waals surface area contributed by atoms with E-state index in [1.807, 2.05) is 0 Å². The minimum absolute atomic E-state index is 0.00924. The highest BCUT2D eigenvalue weighted by Gasteiger charge is 2.28. The van der Waals surface area contributed by atoms with Gasteiger partial charge in [-0.2, -0.15) is 4.99 Å². The van der Waals surface area contributed by atoms with E-state index in [4.69, 9.17) is 20.3 Å². The van der Waals surface area contributed by atoms with Crippen molar-refractivity contribution in [1.82, 2.24) is 15.3 Å². The summed E-state index contributed by atoms with van der Waals surface area (Å²) in [5, 5.41) is 21.2. The maximum absolute atomic E-state index is 12.8. The monoisotopic (exact) mass is 540 g/mol. The summed E-state index contributed by atoms with van der Waals surface area (Å²) < 4.78 is 11.5. The van der Waals surface area contributed by atoms with Crippen molar-refractivity contribution < 1.29 is 29.3 Å². The second kappa shape index (κ2) is 14.8. The number of benzene rings is 1. The van der Waals surface area contributed by atoms with E-state index in [0.29, 0.717) is 37.5 Å². The van der Waals surface area contributed by atoms with E-state index in [1.165, 1.54) is 30.6 Å². The Morgan fingerprint density at radius 2 is 1.97 bits per heavy atom. The average molecular weight is 541 g/mol. The molecule has 1 saturated carbocycles. The number of amidine groups is 1. The molecule has 12 nitrogen and oxygen atoms in total. The van der Waals surface area contributed by atoms with Gasteiger partial charge in [-0.05, 0) is 62.9 Å². The van der Waals surface area contributed by atoms with Crippen LogP contribution in [-0.4, -0.2) is 70.7 Å². The van der Waals surface area contributed by atoms with E-state index < -0.39 is 12.0 Å². The van der Waals surface area contributed by atoms with E-state index in [9.17, 15) is 14.7 Å². The standard InChI is InChI=1S/C27H36N6O6/c1-18(17-35)38-21-11-20(27(37)32-23(28)8-9-29-2)12-22(13-21)39-25-15-30-24(14-31-25)33(16-19-6-7-19)26(36)5-3-4-10-34/h8-9,11-15,18-19,29,34-35H,3-7,10,16-17H2,1-2H3,(H2,28,32,37)/b9-8-. The first-order valence-corrected chi connectivity index (χ1v) is 12.9. The molecule has 1 fully saturated rings. The van der Waals surface area contributed by atoms with E-state index in [-0.39, 0.29) is 47.9 Å². The lowest BCUT2D eigenvalue weighted by atomic mass is 10.2. The van der Waals surface area contributed by atoms with Gasteiger partial charge in [0.2, 0.25) is 11.8 Å². The fraction of sp³-hybridized carbons (Fsp3) is 0.444. The third-order valence-electron chi connectivity index (χ3n) is 5.72. The zero-order chi connectivity index (χ0) is 28.2. The van der Waals surface area contributed by atoms with Gasteiger partial charge < -0.3 is 30.7 Å². The highest BCUT2D eigenvalue weighted by Crippen LogP contribution is 2.32. The molecule has 39 heavy (non-hydrogen) atoms. The molecular formula is C27H36N6O6. The molecule has 12 heteroatoms. The molecule has 0 aliphatic heterocycles. The summed E-state index contributed by atoms with van der Waals surface area (Å²) in [6.07, 6.45) is 8.97. The summed E-state index contributed by atoms with van der Waals surface area (Å²) in [6.45, 7) is 2.08. The van der Waals surface area contributed by atoms with Crippen LogP contribution in [0.15, 0.2) is 47.9 Å². The molecular weight excluding hydrogens is 504 g/mol. The first-order chi connectivity index (χ1) is 18.8. The van der Waals surface area contributed by atoms with Crippen molar-refractivity contribution >= 4 is 23.5 Å². The van der Waals surface area contributed by atoms with Gasteiger partial charge in [0.05, 0.1) is 19.0 Å². The quantitative estimate of drug-likeness (QED) is 0.149. The van der Waals surface area contributed by atoms with Gasteiger partial charge in [-0.25, -0.2) is 9.97 Å². The fourth-order valence-corrected chi connectivity index (χ4v) is 3.51. The lowest BCUT2D eigenvalue weighted by Crippen LogP contribution is -2.33. The topological polar surface area (TPSA) is 172 Å². The maximum Gasteiger partial charge on any atom is 0.279 e. The molecule has 1 aromatic heterocycles. The molecule has 2 aromatic rings. The van der Waals surface area contributed by atoms with Gasteiger partial charge >= 0.3 is 0 Å². The van der Waals surface area contributed by atoms with E-state index in [1.54, 1.807) is 31.1 Å². The van der Waals surface area contributed by atoms with Crippen molar-refractivity contribution in [1.29, 1.82) is 0 Å². The number of aliphatic hydroxyl groups excluding tert-OH is 2. The molecule has 2 amide bonds. The number of nitrogens with one attached hydrogen (secondary N) is 1. The van der Waals surface area contributed by atoms with Crippen LogP contribution >= 0.6 is 0 Å². The van der Waals surface area contributed by atoms with Gasteiger partial charge in [-0.15, -0.1) is 0 Å². The van der Waals surface area contributed by atoms with E-state index >= 15 is 0 Å². The largest absolute Gasteiger partial charge is 0.488 e. The second-order valence-corrected chi connectivity index (χ2v) is 9.21. The predicted octanol–water partition coefficient (Wildman–Crippen LogP) is 2.16. The third kappa shape index (κ3) is 9.65. The number of hydrogen-bond donors (Lipinski definition) is 4. The number of aliphatic imine (C=N–C) groups is 1. The van der Waals surface area contributed by atoms with Gasteiger partial charge in [0, 0.05) is 38.2 Å². The number of unbranched alkanes of at least 4 members (excludes halogenated alkanes) is 1. The van der Waals surface area contributed by atoms with Crippen LogP contribution in [-0.2, 0) is 4.79 Å². The normalized spacial score (nSPS) is 14.2. The number of amides is 2. The number of hydrogen-bond acceptors (Lipinski definition) is 9. The Morgan fingerprint density at radius 3 is 2.62 bits per heavy atom. The minimum atomic E-state index is -0.614. The number of nitrogens with two attached hydrogens (primary N) is 1. The number of carbonyl (C=O) groups excluding carboxylic acids is 2. The molecule has 1 unspecified atom stereocenters. The van der Waals surface area contributed by atoms with Crippen molar-refractivity contribution in [2.45, 2.75) is 45.1 Å². The van der Waals surface area contributed by atoms with Crippen LogP contribution in [0.3, 0.4) is 0 Å². The molecule has 1 aliphatic carbocycles. The van der Waals surface area contributed by atoms with Gasteiger partial charge in [-0.3, -0.25) is 14.5 Å². The molecule has 0 spiro atoms. The number of carbonyl (C=O) groups is 2. The van der Waals surface area contributed by atoms with E-state index in [0.717, 1.165) is 12.8 Å². The lowest BCUT2D eigenvalue weighted by Gasteiger charge is -2.21. The number of aliphatic hydroxyl groups is 2. The number of ether oxygens (including phenoxy) is 2. The zero-order valence-electron chi connectivity index (χ0n) is 22.2. The van der Waals surface area contributed by atoms with Gasteiger partial charge in [0.1, 0.15) is 23.4 Å². The minimum Gasteiger partial charge on any atom is -0.488 e. The fourth-order valence-electron chi connectivity index (χ4n) is 3.51. The molecule has 1 aromatic carbocycles. The first-order valence-electron chi connectivity index (χ1n) is 12.9. The van der Waals surface area contributed by atoms with Gasteiger partial charge in [-0.1, -0.05) is 0 Å². The van der Waals surface area contributed by atoms with Gasteiger partial charge in [0.25, 0.3) is 5.91 Å². The molecule has 5 N–H and O–H groups in total. The van der Waals surface area contributed by atoms with Crippen molar-refractivity contribution in [3.05, 3.63) is 48.4 Å². The molecule has 0 saturated heterocycles. The zero-order valence-corrected chi connectivity index (χ0v) is 22.2. The van der Waals surface area contributed by atoms with Crippen LogP contribution in [0.2, 0.25) is 0 Å². The summed E-state index contributed by atoms with van der Waals surface area (Å²) in [5.41, 5.74) is 5.93. The Hall–Kier alpha value is -4.03. The van der Waals surface area contributed by atoms with E-state index in [2.05, 4.69) is 20.3 Å². The van der Waals surface area contributed by atoms with Crippen LogP contribution < -0.4 is 25.4 Å². The third-order valence-corrected chi connectivity index (χ3v) is 5.72. The summed E-state index contributed by atoms with van der Waals surface area (Å²) in [7, 11) is 1.69. The Bertz CT molecular complexity index is 1170. The maximum atomic E-state index is 12.8. The average Bonchev–Trinajstić information content (AvgIpc) is 3.75. The Morgan fingerprint density at radius 1 is 1.21 bits per heavy atom. The lowest BCUT2D eigenvalue weighted by molar-refractivity contribution is -0.118. The first kappa shape index (κ1) is 29.5. The molecule has 3 rings (SSSR count). The summed E-state index contributed by atoms with van der Waals surface area (Å²) in [4.78, 5) is 39.8. The predicted molar refractivity (Wildman–Crippen MR) is 146 cm³/mol. The summed E-state index contributed by atoms with van der Waals surface area (Å²) in [5.74, 6) is 0.870. The summed E-state index contributed by atoms with van der Waals surface area (Å²) >= 11 is 0. The number of nitrogens with zero attached hydrogens (tertiary/aromatic N) is 4. The van der Waals surface area contributed by atoms with Crippen LogP contribution in [0, 0.1) is 5.92 Å². The number of anilines is 1. The van der Waals surface area contributed by atoms with Crippen LogP contribution in [0.4, 0.5) is 5.82 Å². The van der Waals surface area contributed by atoms with Crippen molar-refractivity contribution in [3.63, 3.8) is 0 Å². The highest BCUT2D eigenvalue weighted by molar-refractivity contribution is 6.06. The molecule has 0 radical (unpaired) electrons. The number of aromatic nitrogens is 2. The van der Waals surface area contributed by atoms with Gasteiger partial charge in [0.15, 0.2) is 5.82 Å². The second-order valence-electron chi connectivity index (χ2n) is 9.21. The molecule has 1 aliphatic rings. The SMILES string of the molecule is CN/C=C\C(N)=NC(=O)c1cc(Oc2cnc(N(CC3CC3)C(=O)CCCCO)cn2)cc(OC(C)CO)c1. The smallest absolute Gasteiger partial charge is 0.279 e. The Balaban J connectivity index is 1.81. The summed E-state index contributed by atoms with van der Waals surface area (Å²) in [6, 6.07) is 4.50. The highest BCUT2D eigenvalue weighted by atomic mass is 16.5. The van der Waals surface area contributed by atoms with Crippen molar-refractivity contribution in [2.75, 3.05) is 31.7 Å². The van der Waals surface area contributed by atoms with Crippen molar-refractivity contribution in [3.8, 4) is 17.4 Å². The van der Waals surface area contributed by atoms with Crippen molar-refractivity contribution in [2.24, 2.45) is 16.6 Å². The molecule has 0 bridgehead atoms. The molecule has 210 valence electrons. The molecule has 1 heterocycles. The van der Waals surface area contributed by atoms with Crippen LogP contribution in [0.5, 0.6) is 17.4 Å². The van der Waals surface area contributed by atoms with Crippen LogP contribution in [0.25, 0.3) is 0 Å². The van der Waals surface area contributed by atoms with Crippen LogP contribution in [0.1, 0.15) is 49.4 Å². The Labute approximate surface area is 227 Å². The molecule has 1 atom stereocenters. The number of rotatable bonds is 15.